The van der Waals surface area contributed by atoms with Gasteiger partial charge in [0.25, 0.3) is 0 Å². The number of alkyl halides is 2. The molecule has 0 unspecified atom stereocenters. The number of carbonyl (C=O) groups is 2. The molecular formula is C12H11F2NO4. The molecule has 102 valence electrons. The van der Waals surface area contributed by atoms with Crippen LogP contribution in [0.5, 0.6) is 5.75 Å². The highest BCUT2D eigenvalue weighted by Crippen LogP contribution is 2.35. The molecule has 0 spiro atoms. The molecule has 1 amide bonds. The largest absolute Gasteiger partial charge is 0.443 e. The molecule has 0 saturated carbocycles. The number of hydrogen-bond acceptors (Lipinski definition) is 4. The van der Waals surface area contributed by atoms with Crippen molar-refractivity contribution in [1.82, 2.24) is 5.32 Å². The predicted octanol–water partition coefficient (Wildman–Crippen LogP) is 2.03. The van der Waals surface area contributed by atoms with E-state index < -0.39 is 30.6 Å². The first kappa shape index (κ1) is 13.3. The highest BCUT2D eigenvalue weighted by Gasteiger charge is 2.46. The molecule has 0 aromatic heterocycles. The summed E-state index contributed by atoms with van der Waals surface area (Å²) < 4.78 is 36.4. The first-order chi connectivity index (χ1) is 8.88. The van der Waals surface area contributed by atoms with Crippen LogP contribution in [0.4, 0.5) is 13.6 Å². The van der Waals surface area contributed by atoms with Gasteiger partial charge in [0.1, 0.15) is 11.8 Å². The van der Waals surface area contributed by atoms with Gasteiger partial charge in [-0.15, -0.1) is 0 Å². The molecule has 1 atom stereocenters. The SMILES string of the molecule is CC(=O)Oc1cccc([C@@H]2NC(=O)OCC2(F)F)c1. The van der Waals surface area contributed by atoms with Gasteiger partial charge in [-0.1, -0.05) is 12.1 Å². The number of cyclic esters (lactones) is 1. The average molecular weight is 271 g/mol. The maximum absolute atomic E-state index is 13.7. The van der Waals surface area contributed by atoms with Gasteiger partial charge >= 0.3 is 18.0 Å². The number of ether oxygens (including phenoxy) is 2. The highest BCUT2D eigenvalue weighted by atomic mass is 19.3. The third kappa shape index (κ3) is 2.98. The van der Waals surface area contributed by atoms with Crippen molar-refractivity contribution in [2.24, 2.45) is 0 Å². The molecule has 1 aliphatic rings. The zero-order valence-corrected chi connectivity index (χ0v) is 9.98. The molecule has 7 heteroatoms. The fourth-order valence-electron chi connectivity index (χ4n) is 1.76. The summed E-state index contributed by atoms with van der Waals surface area (Å²) in [4.78, 5) is 21.9. The lowest BCUT2D eigenvalue weighted by molar-refractivity contribution is -0.131. The lowest BCUT2D eigenvalue weighted by atomic mass is 10.00. The number of rotatable bonds is 2. The number of halogens is 2. The van der Waals surface area contributed by atoms with E-state index in [1.54, 1.807) is 0 Å². The van der Waals surface area contributed by atoms with E-state index >= 15 is 0 Å². The Bertz CT molecular complexity index is 518. The van der Waals surface area contributed by atoms with E-state index in [-0.39, 0.29) is 11.3 Å². The Labute approximate surface area is 107 Å². The van der Waals surface area contributed by atoms with Gasteiger partial charge in [-0.25, -0.2) is 13.6 Å². The molecule has 1 aromatic rings. The molecule has 0 aliphatic carbocycles. The van der Waals surface area contributed by atoms with E-state index in [9.17, 15) is 18.4 Å². The van der Waals surface area contributed by atoms with Crippen molar-refractivity contribution in [3.63, 3.8) is 0 Å². The van der Waals surface area contributed by atoms with Crippen LogP contribution in [-0.4, -0.2) is 24.6 Å². The van der Waals surface area contributed by atoms with E-state index in [0.29, 0.717) is 0 Å². The smallest absolute Gasteiger partial charge is 0.408 e. The number of hydrogen-bond donors (Lipinski definition) is 1. The molecule has 0 radical (unpaired) electrons. The van der Waals surface area contributed by atoms with E-state index in [4.69, 9.17) is 4.74 Å². The topological polar surface area (TPSA) is 64.6 Å². The van der Waals surface area contributed by atoms with E-state index in [0.717, 1.165) is 0 Å². The molecule has 1 aliphatic heterocycles. The first-order valence-corrected chi connectivity index (χ1v) is 5.48. The van der Waals surface area contributed by atoms with Crippen molar-refractivity contribution in [2.45, 2.75) is 18.9 Å². The summed E-state index contributed by atoms with van der Waals surface area (Å²) in [5, 5.41) is 2.05. The molecule has 1 aromatic carbocycles. The Morgan fingerprint density at radius 1 is 1.53 bits per heavy atom. The van der Waals surface area contributed by atoms with Gasteiger partial charge in [0.15, 0.2) is 6.61 Å². The second kappa shape index (κ2) is 4.83. The number of benzene rings is 1. The van der Waals surface area contributed by atoms with Crippen LogP contribution in [-0.2, 0) is 9.53 Å². The Balaban J connectivity index is 2.29. The summed E-state index contributed by atoms with van der Waals surface area (Å²) >= 11 is 0. The Kier molecular flexibility index (Phi) is 3.37. The summed E-state index contributed by atoms with van der Waals surface area (Å²) in [6.07, 6.45) is -0.909. The number of esters is 1. The fraction of sp³-hybridized carbons (Fsp3) is 0.333. The normalized spacial score (nSPS) is 21.2. The van der Waals surface area contributed by atoms with Crippen LogP contribution in [0.3, 0.4) is 0 Å². The highest BCUT2D eigenvalue weighted by molar-refractivity contribution is 5.70. The van der Waals surface area contributed by atoms with E-state index in [1.165, 1.54) is 31.2 Å². The fourth-order valence-corrected chi connectivity index (χ4v) is 1.76. The molecule has 19 heavy (non-hydrogen) atoms. The van der Waals surface area contributed by atoms with Crippen LogP contribution in [0, 0.1) is 0 Å². The van der Waals surface area contributed by atoms with Crippen LogP contribution < -0.4 is 10.1 Å². The maximum Gasteiger partial charge on any atom is 0.408 e. The maximum atomic E-state index is 13.7. The number of carbonyl (C=O) groups excluding carboxylic acids is 2. The second-order valence-corrected chi connectivity index (χ2v) is 4.08. The molecule has 2 rings (SSSR count). The summed E-state index contributed by atoms with van der Waals surface area (Å²) in [6.45, 7) is 0.221. The van der Waals surface area contributed by atoms with Crippen LogP contribution in [0.1, 0.15) is 18.5 Å². The molecule has 1 fully saturated rings. The molecule has 1 N–H and O–H groups in total. The summed E-state index contributed by atoms with van der Waals surface area (Å²) in [7, 11) is 0. The zero-order valence-electron chi connectivity index (χ0n) is 9.98. The van der Waals surface area contributed by atoms with Crippen LogP contribution >= 0.6 is 0 Å². The number of alkyl carbamates (subject to hydrolysis) is 1. The van der Waals surface area contributed by atoms with Crippen molar-refractivity contribution in [2.75, 3.05) is 6.61 Å². The van der Waals surface area contributed by atoms with Crippen LogP contribution in [0.15, 0.2) is 24.3 Å². The van der Waals surface area contributed by atoms with E-state index in [1.807, 2.05) is 0 Å². The van der Waals surface area contributed by atoms with Crippen molar-refractivity contribution in [1.29, 1.82) is 0 Å². The molecule has 5 nitrogen and oxygen atoms in total. The first-order valence-electron chi connectivity index (χ1n) is 5.48. The van der Waals surface area contributed by atoms with Gasteiger partial charge in [-0.05, 0) is 17.7 Å². The number of nitrogens with one attached hydrogen (secondary N) is 1. The van der Waals surface area contributed by atoms with Crippen LogP contribution in [0.2, 0.25) is 0 Å². The third-order valence-corrected chi connectivity index (χ3v) is 2.53. The minimum absolute atomic E-state index is 0.139. The molecule has 1 heterocycles. The minimum Gasteiger partial charge on any atom is -0.443 e. The summed E-state index contributed by atoms with van der Waals surface area (Å²) in [5.74, 6) is -3.65. The van der Waals surface area contributed by atoms with Gasteiger partial charge < -0.3 is 14.8 Å². The standard InChI is InChI=1S/C12H11F2NO4/c1-7(16)19-9-4-2-3-8(5-9)10-12(13,14)6-18-11(17)15-10/h2-5,10H,6H2,1H3,(H,15,17)/t10-/m0/s1. The minimum atomic E-state index is -3.23. The lowest BCUT2D eigenvalue weighted by Gasteiger charge is -2.31. The summed E-state index contributed by atoms with van der Waals surface area (Å²) in [5.41, 5.74) is 0.139. The number of amides is 1. The van der Waals surface area contributed by atoms with Gasteiger partial charge in [-0.2, -0.15) is 0 Å². The van der Waals surface area contributed by atoms with Crippen molar-refractivity contribution in [3.8, 4) is 5.75 Å². The monoisotopic (exact) mass is 271 g/mol. The zero-order chi connectivity index (χ0) is 14.0. The Morgan fingerprint density at radius 2 is 2.26 bits per heavy atom. The molecule has 1 saturated heterocycles. The van der Waals surface area contributed by atoms with Crippen molar-refractivity contribution in [3.05, 3.63) is 29.8 Å². The molecule has 0 bridgehead atoms. The Morgan fingerprint density at radius 3 is 2.95 bits per heavy atom. The third-order valence-electron chi connectivity index (χ3n) is 2.53. The van der Waals surface area contributed by atoms with Crippen LogP contribution in [0.25, 0.3) is 0 Å². The van der Waals surface area contributed by atoms with Gasteiger partial charge in [0.2, 0.25) is 0 Å². The second-order valence-electron chi connectivity index (χ2n) is 4.08. The molecular weight excluding hydrogens is 260 g/mol. The van der Waals surface area contributed by atoms with Crippen molar-refractivity contribution < 1.29 is 27.8 Å². The van der Waals surface area contributed by atoms with Gasteiger partial charge in [-0.3, -0.25) is 4.79 Å². The predicted molar refractivity (Wildman–Crippen MR) is 59.9 cm³/mol. The van der Waals surface area contributed by atoms with Gasteiger partial charge in [0, 0.05) is 6.92 Å². The lowest BCUT2D eigenvalue weighted by Crippen LogP contribution is -2.49. The van der Waals surface area contributed by atoms with E-state index in [2.05, 4.69) is 10.1 Å². The Hall–Kier alpha value is -2.18. The van der Waals surface area contributed by atoms with Crippen molar-refractivity contribution >= 4 is 12.1 Å². The average Bonchev–Trinajstić information content (AvgIpc) is 2.32. The van der Waals surface area contributed by atoms with Gasteiger partial charge in [0.05, 0.1) is 0 Å². The summed E-state index contributed by atoms with van der Waals surface area (Å²) in [6, 6.07) is 4.11. The quantitative estimate of drug-likeness (QED) is 0.660.